The van der Waals surface area contributed by atoms with E-state index in [0.29, 0.717) is 17.2 Å². The Hall–Kier alpha value is -2.80. The third kappa shape index (κ3) is 3.66. The van der Waals surface area contributed by atoms with E-state index in [0.717, 1.165) is 16.9 Å². The first-order valence-corrected chi connectivity index (χ1v) is 9.08. The van der Waals surface area contributed by atoms with Crippen LogP contribution in [0.25, 0.3) is 11.3 Å². The number of anilines is 1. The first kappa shape index (κ1) is 17.0. The monoisotopic (exact) mass is 358 g/mol. The lowest BCUT2D eigenvalue weighted by Crippen LogP contribution is -2.15. The average molecular weight is 358 g/mol. The predicted octanol–water partition coefficient (Wildman–Crippen LogP) is 3.77. The highest BCUT2D eigenvalue weighted by molar-refractivity contribution is 7.92. The molecular weight excluding hydrogens is 340 g/mol. The summed E-state index contributed by atoms with van der Waals surface area (Å²) in [6, 6.07) is 12.1. The molecule has 7 heteroatoms. The van der Waals surface area contributed by atoms with E-state index in [1.807, 2.05) is 38.1 Å². The number of aromatic nitrogens is 1. The lowest BCUT2D eigenvalue weighted by molar-refractivity contribution is 0.412. The van der Waals surface area contributed by atoms with Crippen LogP contribution in [0.5, 0.6) is 5.75 Å². The number of sulfonamides is 1. The van der Waals surface area contributed by atoms with Crippen molar-refractivity contribution in [1.82, 2.24) is 4.98 Å². The third-order valence-corrected chi connectivity index (χ3v) is 5.01. The van der Waals surface area contributed by atoms with Crippen molar-refractivity contribution in [2.24, 2.45) is 0 Å². The Labute approximate surface area is 146 Å². The molecular formula is C18H18N2O4S. The molecule has 25 heavy (non-hydrogen) atoms. The molecule has 130 valence electrons. The molecule has 0 radical (unpaired) electrons. The number of methoxy groups -OCH3 is 1. The molecule has 0 bridgehead atoms. The zero-order valence-electron chi connectivity index (χ0n) is 14.1. The minimum atomic E-state index is -3.80. The molecule has 2 heterocycles. The summed E-state index contributed by atoms with van der Waals surface area (Å²) in [6.07, 6.45) is 1.36. The number of benzene rings is 1. The molecule has 1 N–H and O–H groups in total. The van der Waals surface area contributed by atoms with E-state index in [9.17, 15) is 8.42 Å². The van der Waals surface area contributed by atoms with Crippen LogP contribution in [0.3, 0.4) is 0 Å². The van der Waals surface area contributed by atoms with Crippen molar-refractivity contribution in [3.8, 4) is 17.1 Å². The van der Waals surface area contributed by atoms with Gasteiger partial charge in [0.1, 0.15) is 17.3 Å². The summed E-state index contributed by atoms with van der Waals surface area (Å²) in [4.78, 5) is 3.94. The van der Waals surface area contributed by atoms with Gasteiger partial charge >= 0.3 is 0 Å². The van der Waals surface area contributed by atoms with Gasteiger partial charge in [-0.05, 0) is 49.7 Å². The summed E-state index contributed by atoms with van der Waals surface area (Å²) in [5.74, 6) is 1.96. The summed E-state index contributed by atoms with van der Waals surface area (Å²) < 4.78 is 38.3. The molecule has 0 fully saturated rings. The number of furan rings is 1. The van der Waals surface area contributed by atoms with Crippen LogP contribution >= 0.6 is 0 Å². The molecule has 0 saturated heterocycles. The van der Waals surface area contributed by atoms with Crippen LogP contribution < -0.4 is 9.46 Å². The van der Waals surface area contributed by atoms with Crippen molar-refractivity contribution in [3.05, 3.63) is 60.0 Å². The molecule has 0 aliphatic carbocycles. The second-order valence-electron chi connectivity index (χ2n) is 5.58. The molecule has 3 aromatic rings. The van der Waals surface area contributed by atoms with Gasteiger partial charge in [0.2, 0.25) is 0 Å². The Kier molecular flexibility index (Phi) is 4.50. The van der Waals surface area contributed by atoms with Gasteiger partial charge in [0.05, 0.1) is 19.0 Å². The Morgan fingerprint density at radius 3 is 2.48 bits per heavy atom. The molecule has 0 aliphatic heterocycles. The number of ether oxygens (including phenoxy) is 1. The maximum Gasteiger partial charge on any atom is 0.279 e. The topological polar surface area (TPSA) is 81.4 Å². The van der Waals surface area contributed by atoms with Gasteiger partial charge in [0, 0.05) is 5.56 Å². The Balaban J connectivity index is 1.93. The normalized spacial score (nSPS) is 11.3. The second-order valence-corrected chi connectivity index (χ2v) is 7.21. The van der Waals surface area contributed by atoms with Gasteiger partial charge in [-0.3, -0.25) is 4.72 Å². The fraction of sp³-hybridized carbons (Fsp3) is 0.167. The molecule has 0 aliphatic rings. The molecule has 0 saturated carbocycles. The van der Waals surface area contributed by atoms with Crippen LogP contribution in [0.15, 0.2) is 58.1 Å². The first-order valence-electron chi connectivity index (χ1n) is 7.59. The van der Waals surface area contributed by atoms with Crippen LogP contribution in [0.1, 0.15) is 11.3 Å². The molecule has 0 amide bonds. The predicted molar refractivity (Wildman–Crippen MR) is 95.2 cm³/mol. The molecule has 1 aromatic carbocycles. The minimum Gasteiger partial charge on any atom is -0.495 e. The highest BCUT2D eigenvalue weighted by Crippen LogP contribution is 2.28. The van der Waals surface area contributed by atoms with Gasteiger partial charge in [-0.1, -0.05) is 12.1 Å². The summed E-state index contributed by atoms with van der Waals surface area (Å²) in [5, 5.41) is -0.0769. The van der Waals surface area contributed by atoms with Crippen molar-refractivity contribution < 1.29 is 17.6 Å². The van der Waals surface area contributed by atoms with Gasteiger partial charge in [-0.25, -0.2) is 4.98 Å². The number of nitrogens with zero attached hydrogens (tertiary/aromatic N) is 1. The fourth-order valence-corrected chi connectivity index (χ4v) is 3.37. The van der Waals surface area contributed by atoms with Gasteiger partial charge < -0.3 is 9.15 Å². The van der Waals surface area contributed by atoms with Gasteiger partial charge in [0.15, 0.2) is 5.03 Å². The summed E-state index contributed by atoms with van der Waals surface area (Å²) in [6.45, 7) is 3.69. The van der Waals surface area contributed by atoms with Gasteiger partial charge in [0.25, 0.3) is 10.0 Å². The molecule has 6 nitrogen and oxygen atoms in total. The molecule has 0 spiro atoms. The van der Waals surface area contributed by atoms with E-state index in [-0.39, 0.29) is 5.03 Å². The van der Waals surface area contributed by atoms with Crippen molar-refractivity contribution in [2.75, 3.05) is 11.8 Å². The third-order valence-electron chi connectivity index (χ3n) is 3.73. The fourth-order valence-electron chi connectivity index (χ4n) is 2.32. The first-order chi connectivity index (χ1) is 11.9. The minimum absolute atomic E-state index is 0.0769. The molecule has 2 aromatic heterocycles. The second kappa shape index (κ2) is 6.60. The van der Waals surface area contributed by atoms with Crippen molar-refractivity contribution >= 4 is 15.7 Å². The maximum atomic E-state index is 12.6. The van der Waals surface area contributed by atoms with Crippen molar-refractivity contribution in [3.63, 3.8) is 0 Å². The smallest absolute Gasteiger partial charge is 0.279 e. The number of hydrogen-bond donors (Lipinski definition) is 1. The van der Waals surface area contributed by atoms with Crippen molar-refractivity contribution in [1.29, 1.82) is 0 Å². The molecule has 3 rings (SSSR count). The van der Waals surface area contributed by atoms with E-state index >= 15 is 0 Å². The lowest BCUT2D eigenvalue weighted by Gasteiger charge is -2.11. The van der Waals surface area contributed by atoms with Crippen LogP contribution in [-0.4, -0.2) is 20.5 Å². The maximum absolute atomic E-state index is 12.6. The Morgan fingerprint density at radius 1 is 1.08 bits per heavy atom. The SMILES string of the molecule is COc1ccc(S(=O)(=O)Nc2cc(-c3ccc(C)o3)ccc2C)nc1. The quantitative estimate of drug-likeness (QED) is 0.751. The lowest BCUT2D eigenvalue weighted by atomic mass is 10.1. The summed E-state index contributed by atoms with van der Waals surface area (Å²) in [7, 11) is -2.31. The Bertz CT molecular complexity index is 992. The van der Waals surface area contributed by atoms with E-state index < -0.39 is 10.0 Å². The van der Waals surface area contributed by atoms with Crippen molar-refractivity contribution in [2.45, 2.75) is 18.9 Å². The highest BCUT2D eigenvalue weighted by Gasteiger charge is 2.18. The standard InChI is InChI=1S/C18H18N2O4S/c1-12-4-6-14(17-8-5-13(2)24-17)10-16(12)20-25(21,22)18-9-7-15(23-3)11-19-18/h4-11,20H,1-3H3. The van der Waals surface area contributed by atoms with E-state index in [1.54, 1.807) is 12.1 Å². The summed E-state index contributed by atoms with van der Waals surface area (Å²) >= 11 is 0. The number of rotatable bonds is 5. The number of hydrogen-bond acceptors (Lipinski definition) is 5. The number of nitrogens with one attached hydrogen (secondary N) is 1. The van der Waals surface area contributed by atoms with E-state index in [2.05, 4.69) is 9.71 Å². The van der Waals surface area contributed by atoms with E-state index in [1.165, 1.54) is 19.4 Å². The zero-order valence-corrected chi connectivity index (χ0v) is 14.9. The summed E-state index contributed by atoms with van der Waals surface area (Å²) in [5.41, 5.74) is 2.06. The van der Waals surface area contributed by atoms with Crippen LogP contribution in [-0.2, 0) is 10.0 Å². The average Bonchev–Trinajstić information content (AvgIpc) is 3.03. The number of pyridine rings is 1. The Morgan fingerprint density at radius 2 is 1.88 bits per heavy atom. The molecule has 0 atom stereocenters. The largest absolute Gasteiger partial charge is 0.495 e. The van der Waals surface area contributed by atoms with Crippen LogP contribution in [0, 0.1) is 13.8 Å². The highest BCUT2D eigenvalue weighted by atomic mass is 32.2. The molecule has 0 unspecified atom stereocenters. The van der Waals surface area contributed by atoms with Crippen LogP contribution in [0.2, 0.25) is 0 Å². The van der Waals surface area contributed by atoms with Gasteiger partial charge in [-0.15, -0.1) is 0 Å². The zero-order chi connectivity index (χ0) is 18.0. The number of aryl methyl sites for hydroxylation is 2. The van der Waals surface area contributed by atoms with Crippen LogP contribution in [0.4, 0.5) is 5.69 Å². The van der Waals surface area contributed by atoms with E-state index in [4.69, 9.17) is 9.15 Å². The van der Waals surface area contributed by atoms with Gasteiger partial charge in [-0.2, -0.15) is 8.42 Å².